The molecular formula is C18H23NO2. The number of ether oxygens (including phenoxy) is 2. The number of allylic oxidation sites excluding steroid dienone is 1. The number of hydrogen-bond acceptors (Lipinski definition) is 3. The SMILES string of the molecule is C=C1NCCC2CC3(CCC12c1ccccc1)OCCO3. The van der Waals surface area contributed by atoms with E-state index in [2.05, 4.69) is 42.2 Å². The minimum absolute atomic E-state index is 0.0417. The molecular weight excluding hydrogens is 262 g/mol. The summed E-state index contributed by atoms with van der Waals surface area (Å²) >= 11 is 0. The van der Waals surface area contributed by atoms with Gasteiger partial charge in [-0.05, 0) is 24.3 Å². The van der Waals surface area contributed by atoms with Crippen LogP contribution in [0.2, 0.25) is 0 Å². The first-order valence-electron chi connectivity index (χ1n) is 8.02. The van der Waals surface area contributed by atoms with Crippen LogP contribution in [-0.4, -0.2) is 25.5 Å². The van der Waals surface area contributed by atoms with Crippen molar-refractivity contribution >= 4 is 0 Å². The van der Waals surface area contributed by atoms with E-state index in [1.165, 1.54) is 11.3 Å². The molecule has 1 saturated carbocycles. The Hall–Kier alpha value is -1.32. The first-order chi connectivity index (χ1) is 10.3. The van der Waals surface area contributed by atoms with Crippen molar-refractivity contribution in [2.24, 2.45) is 5.92 Å². The summed E-state index contributed by atoms with van der Waals surface area (Å²) in [7, 11) is 0. The van der Waals surface area contributed by atoms with Crippen LogP contribution < -0.4 is 5.32 Å². The van der Waals surface area contributed by atoms with Crippen molar-refractivity contribution < 1.29 is 9.47 Å². The zero-order valence-corrected chi connectivity index (χ0v) is 12.4. The smallest absolute Gasteiger partial charge is 0.168 e. The Kier molecular flexibility index (Phi) is 3.09. The summed E-state index contributed by atoms with van der Waals surface area (Å²) < 4.78 is 11.9. The van der Waals surface area contributed by atoms with E-state index in [1.807, 2.05) is 0 Å². The van der Waals surface area contributed by atoms with E-state index < -0.39 is 0 Å². The van der Waals surface area contributed by atoms with Crippen LogP contribution in [0.4, 0.5) is 0 Å². The molecule has 0 aromatic heterocycles. The van der Waals surface area contributed by atoms with Crippen molar-refractivity contribution in [3.8, 4) is 0 Å². The highest BCUT2D eigenvalue weighted by molar-refractivity contribution is 5.38. The molecule has 3 heteroatoms. The molecule has 1 aliphatic carbocycles. The molecule has 2 atom stereocenters. The van der Waals surface area contributed by atoms with Crippen molar-refractivity contribution in [3.05, 3.63) is 48.2 Å². The van der Waals surface area contributed by atoms with Gasteiger partial charge in [0.1, 0.15) is 0 Å². The van der Waals surface area contributed by atoms with Gasteiger partial charge in [-0.15, -0.1) is 0 Å². The van der Waals surface area contributed by atoms with Gasteiger partial charge in [0.2, 0.25) is 0 Å². The van der Waals surface area contributed by atoms with Gasteiger partial charge in [-0.25, -0.2) is 0 Å². The fourth-order valence-corrected chi connectivity index (χ4v) is 4.59. The van der Waals surface area contributed by atoms with Crippen molar-refractivity contribution in [3.63, 3.8) is 0 Å². The molecule has 1 aromatic carbocycles. The van der Waals surface area contributed by atoms with Gasteiger partial charge in [0, 0.05) is 30.5 Å². The van der Waals surface area contributed by atoms with E-state index in [4.69, 9.17) is 9.47 Å². The normalized spacial score (nSPS) is 34.5. The number of rotatable bonds is 1. The second-order valence-electron chi connectivity index (χ2n) is 6.54. The van der Waals surface area contributed by atoms with Crippen molar-refractivity contribution in [1.29, 1.82) is 0 Å². The van der Waals surface area contributed by atoms with Gasteiger partial charge in [0.25, 0.3) is 0 Å². The van der Waals surface area contributed by atoms with E-state index in [0.717, 1.165) is 45.4 Å². The molecule has 4 rings (SSSR count). The van der Waals surface area contributed by atoms with E-state index >= 15 is 0 Å². The summed E-state index contributed by atoms with van der Waals surface area (Å²) in [6, 6.07) is 10.9. The maximum Gasteiger partial charge on any atom is 0.168 e. The highest BCUT2D eigenvalue weighted by atomic mass is 16.7. The molecule has 1 N–H and O–H groups in total. The third-order valence-corrected chi connectivity index (χ3v) is 5.63. The summed E-state index contributed by atoms with van der Waals surface area (Å²) in [5, 5.41) is 3.52. The lowest BCUT2D eigenvalue weighted by atomic mass is 9.57. The maximum atomic E-state index is 5.97. The van der Waals surface area contributed by atoms with Crippen LogP contribution in [0.25, 0.3) is 0 Å². The van der Waals surface area contributed by atoms with E-state index in [-0.39, 0.29) is 11.2 Å². The molecule has 3 aliphatic rings. The minimum Gasteiger partial charge on any atom is -0.388 e. The first-order valence-corrected chi connectivity index (χ1v) is 8.02. The molecule has 3 fully saturated rings. The summed E-state index contributed by atoms with van der Waals surface area (Å²) in [5.74, 6) is 0.223. The van der Waals surface area contributed by atoms with Gasteiger partial charge in [0.05, 0.1) is 13.2 Å². The molecule has 2 aliphatic heterocycles. The highest BCUT2D eigenvalue weighted by Gasteiger charge is 2.54. The third-order valence-electron chi connectivity index (χ3n) is 5.63. The van der Waals surface area contributed by atoms with Gasteiger partial charge in [-0.1, -0.05) is 36.9 Å². The number of hydrogen-bond donors (Lipinski definition) is 1. The number of nitrogens with one attached hydrogen (secondary N) is 1. The Balaban J connectivity index is 1.73. The number of benzene rings is 1. The van der Waals surface area contributed by atoms with Crippen LogP contribution in [0.3, 0.4) is 0 Å². The molecule has 0 amide bonds. The Labute approximate surface area is 126 Å². The van der Waals surface area contributed by atoms with Crippen LogP contribution >= 0.6 is 0 Å². The van der Waals surface area contributed by atoms with Crippen molar-refractivity contribution in [2.45, 2.75) is 36.9 Å². The van der Waals surface area contributed by atoms with E-state index in [1.54, 1.807) is 0 Å². The zero-order valence-electron chi connectivity index (χ0n) is 12.4. The van der Waals surface area contributed by atoms with E-state index in [0.29, 0.717) is 5.92 Å². The monoisotopic (exact) mass is 285 g/mol. The largest absolute Gasteiger partial charge is 0.388 e. The van der Waals surface area contributed by atoms with Gasteiger partial charge in [-0.3, -0.25) is 0 Å². The lowest BCUT2D eigenvalue weighted by molar-refractivity contribution is -0.198. The molecule has 2 unspecified atom stereocenters. The van der Waals surface area contributed by atoms with Crippen LogP contribution in [-0.2, 0) is 14.9 Å². The standard InChI is InChI=1S/C18H23NO2/c1-14-18(15-5-3-2-4-6-15)9-8-17(20-11-12-21-17)13-16(18)7-10-19-14/h2-6,16,19H,1,7-13H2. The van der Waals surface area contributed by atoms with E-state index in [9.17, 15) is 0 Å². The van der Waals surface area contributed by atoms with Crippen LogP contribution in [0, 0.1) is 5.92 Å². The predicted molar refractivity (Wildman–Crippen MR) is 81.9 cm³/mol. The van der Waals surface area contributed by atoms with Crippen LogP contribution in [0.15, 0.2) is 42.6 Å². The topological polar surface area (TPSA) is 30.5 Å². The molecule has 112 valence electrons. The average Bonchev–Trinajstić information content (AvgIpc) is 2.97. The second kappa shape index (κ2) is 4.85. The highest BCUT2D eigenvalue weighted by Crippen LogP contribution is 2.54. The number of fused-ring (bicyclic) bond motifs is 1. The Morgan fingerprint density at radius 2 is 1.86 bits per heavy atom. The van der Waals surface area contributed by atoms with Gasteiger partial charge < -0.3 is 14.8 Å². The molecule has 21 heavy (non-hydrogen) atoms. The lowest BCUT2D eigenvalue weighted by Gasteiger charge is -2.53. The maximum absolute atomic E-state index is 5.97. The molecule has 2 saturated heterocycles. The quantitative estimate of drug-likeness (QED) is 0.860. The van der Waals surface area contributed by atoms with Crippen molar-refractivity contribution in [2.75, 3.05) is 19.8 Å². The third kappa shape index (κ3) is 1.95. The van der Waals surface area contributed by atoms with Crippen LogP contribution in [0.5, 0.6) is 0 Å². The minimum atomic E-state index is -0.319. The molecule has 0 radical (unpaired) electrons. The number of piperidine rings is 1. The molecule has 0 bridgehead atoms. The summed E-state index contributed by atoms with van der Waals surface area (Å²) in [4.78, 5) is 0. The van der Waals surface area contributed by atoms with Gasteiger partial charge in [-0.2, -0.15) is 0 Å². The fraction of sp³-hybridized carbons (Fsp3) is 0.556. The first kappa shape index (κ1) is 13.4. The molecule has 1 spiro atoms. The summed E-state index contributed by atoms with van der Waals surface area (Å²) in [6.45, 7) is 6.86. The Morgan fingerprint density at radius 3 is 2.62 bits per heavy atom. The second-order valence-corrected chi connectivity index (χ2v) is 6.54. The predicted octanol–water partition coefficient (Wildman–Crippen LogP) is 2.97. The average molecular weight is 285 g/mol. The Morgan fingerprint density at radius 1 is 1.10 bits per heavy atom. The van der Waals surface area contributed by atoms with Crippen LogP contribution in [0.1, 0.15) is 31.2 Å². The van der Waals surface area contributed by atoms with Crippen molar-refractivity contribution in [1.82, 2.24) is 5.32 Å². The Bertz CT molecular complexity index is 535. The summed E-state index contributed by atoms with van der Waals surface area (Å²) in [6.07, 6.45) is 4.15. The lowest BCUT2D eigenvalue weighted by Crippen LogP contribution is -2.54. The molecule has 3 nitrogen and oxygen atoms in total. The van der Waals surface area contributed by atoms with Gasteiger partial charge >= 0.3 is 0 Å². The zero-order chi connectivity index (χ0) is 14.3. The fourth-order valence-electron chi connectivity index (χ4n) is 4.59. The molecule has 2 heterocycles. The summed E-state index contributed by atoms with van der Waals surface area (Å²) in [5.41, 5.74) is 2.61. The molecule has 1 aromatic rings. The van der Waals surface area contributed by atoms with Gasteiger partial charge in [0.15, 0.2) is 5.79 Å².